The van der Waals surface area contributed by atoms with Crippen LogP contribution in [0.4, 0.5) is 0 Å². The third-order valence-corrected chi connectivity index (χ3v) is 5.16. The van der Waals surface area contributed by atoms with E-state index in [0.29, 0.717) is 6.04 Å². The summed E-state index contributed by atoms with van der Waals surface area (Å²) in [5, 5.41) is 15.5. The van der Waals surface area contributed by atoms with Gasteiger partial charge in [0.05, 0.1) is 17.3 Å². The van der Waals surface area contributed by atoms with Crippen LogP contribution in [0.3, 0.4) is 0 Å². The molecule has 3 heteroatoms. The maximum absolute atomic E-state index is 10.8. The lowest BCUT2D eigenvalue weighted by molar-refractivity contribution is 0.0241. The Labute approximate surface area is 122 Å². The minimum Gasteiger partial charge on any atom is -0.389 e. The molecule has 2 aliphatic rings. The summed E-state index contributed by atoms with van der Waals surface area (Å²) in [6, 6.07) is 2.72. The van der Waals surface area contributed by atoms with Crippen LogP contribution in [-0.2, 0) is 6.42 Å². The molecule has 1 heterocycles. The molecule has 0 aliphatic heterocycles. The van der Waals surface area contributed by atoms with Crippen molar-refractivity contribution in [3.05, 3.63) is 18.0 Å². The summed E-state index contributed by atoms with van der Waals surface area (Å²) < 4.78 is 2.16. The highest BCUT2D eigenvalue weighted by molar-refractivity contribution is 5.05. The van der Waals surface area contributed by atoms with Crippen molar-refractivity contribution in [3.63, 3.8) is 0 Å². The molecule has 3 rings (SSSR count). The summed E-state index contributed by atoms with van der Waals surface area (Å²) in [5.74, 6) is 0. The Hall–Kier alpha value is -0.830. The minimum atomic E-state index is -0.498. The molecule has 0 spiro atoms. The van der Waals surface area contributed by atoms with Gasteiger partial charge in [0.25, 0.3) is 0 Å². The second-order valence-electron chi connectivity index (χ2n) is 6.89. The van der Waals surface area contributed by atoms with E-state index in [0.717, 1.165) is 25.0 Å². The summed E-state index contributed by atoms with van der Waals surface area (Å²) >= 11 is 0. The molecule has 2 fully saturated rings. The molecular weight excluding hydrogens is 248 g/mol. The normalized spacial score (nSPS) is 24.4. The quantitative estimate of drug-likeness (QED) is 0.847. The van der Waals surface area contributed by atoms with E-state index in [-0.39, 0.29) is 0 Å². The zero-order valence-electron chi connectivity index (χ0n) is 12.6. The first-order chi connectivity index (χ1) is 9.75. The van der Waals surface area contributed by atoms with Crippen molar-refractivity contribution in [1.29, 1.82) is 0 Å². The molecule has 2 saturated carbocycles. The topological polar surface area (TPSA) is 38.0 Å². The zero-order chi connectivity index (χ0) is 13.8. The molecule has 20 heavy (non-hydrogen) atoms. The van der Waals surface area contributed by atoms with Crippen molar-refractivity contribution in [3.8, 4) is 0 Å². The van der Waals surface area contributed by atoms with Gasteiger partial charge in [-0.15, -0.1) is 0 Å². The van der Waals surface area contributed by atoms with E-state index >= 15 is 0 Å². The predicted molar refractivity (Wildman–Crippen MR) is 80.7 cm³/mol. The molecule has 112 valence electrons. The predicted octanol–water partition coefficient (Wildman–Crippen LogP) is 4.02. The van der Waals surface area contributed by atoms with Crippen LogP contribution in [0.15, 0.2) is 12.3 Å². The van der Waals surface area contributed by atoms with Crippen LogP contribution in [0.25, 0.3) is 0 Å². The molecule has 0 radical (unpaired) electrons. The fourth-order valence-electron chi connectivity index (χ4n) is 3.92. The van der Waals surface area contributed by atoms with Crippen molar-refractivity contribution < 1.29 is 5.11 Å². The van der Waals surface area contributed by atoms with Gasteiger partial charge in [-0.05, 0) is 31.7 Å². The lowest BCUT2D eigenvalue weighted by Gasteiger charge is -2.26. The maximum Gasteiger partial charge on any atom is 0.0703 e. The Morgan fingerprint density at radius 2 is 1.70 bits per heavy atom. The van der Waals surface area contributed by atoms with Crippen molar-refractivity contribution in [1.82, 2.24) is 9.78 Å². The van der Waals surface area contributed by atoms with Crippen molar-refractivity contribution in [2.75, 3.05) is 0 Å². The van der Waals surface area contributed by atoms with E-state index in [4.69, 9.17) is 5.10 Å². The Morgan fingerprint density at radius 3 is 2.40 bits per heavy atom. The summed E-state index contributed by atoms with van der Waals surface area (Å²) in [5.41, 5.74) is 0.586. The second kappa shape index (κ2) is 6.30. The summed E-state index contributed by atoms with van der Waals surface area (Å²) in [4.78, 5) is 0. The first-order valence-corrected chi connectivity index (χ1v) is 8.52. The summed E-state index contributed by atoms with van der Waals surface area (Å²) in [6.07, 6.45) is 16.2. The first-order valence-electron chi connectivity index (χ1n) is 8.52. The fraction of sp³-hybridized carbons (Fsp3) is 0.824. The van der Waals surface area contributed by atoms with E-state index in [1.54, 1.807) is 0 Å². The highest BCUT2D eigenvalue weighted by Gasteiger charge is 2.29. The molecular formula is C17H28N2O. The SMILES string of the molecule is OC1(Cc2ccn(C3CCCCC3)n2)CCCCCC1. The monoisotopic (exact) mass is 276 g/mol. The van der Waals surface area contributed by atoms with Crippen molar-refractivity contribution in [2.24, 2.45) is 0 Å². The lowest BCUT2D eigenvalue weighted by atomic mass is 9.89. The number of hydrogen-bond donors (Lipinski definition) is 1. The largest absolute Gasteiger partial charge is 0.389 e. The minimum absolute atomic E-state index is 0.498. The van der Waals surface area contributed by atoms with Crippen LogP contribution in [0.5, 0.6) is 0 Å². The molecule has 2 aliphatic carbocycles. The molecule has 0 bridgehead atoms. The van der Waals surface area contributed by atoms with Gasteiger partial charge in [0.2, 0.25) is 0 Å². The molecule has 0 unspecified atom stereocenters. The van der Waals surface area contributed by atoms with Gasteiger partial charge in [-0.2, -0.15) is 5.10 Å². The molecule has 3 nitrogen and oxygen atoms in total. The van der Waals surface area contributed by atoms with Gasteiger partial charge in [-0.1, -0.05) is 44.9 Å². The Bertz CT molecular complexity index is 412. The molecule has 0 atom stereocenters. The van der Waals surface area contributed by atoms with Gasteiger partial charge in [0.1, 0.15) is 0 Å². The maximum atomic E-state index is 10.8. The van der Waals surface area contributed by atoms with E-state index < -0.39 is 5.60 Å². The van der Waals surface area contributed by atoms with E-state index in [1.165, 1.54) is 57.8 Å². The summed E-state index contributed by atoms with van der Waals surface area (Å²) in [6.45, 7) is 0. The van der Waals surface area contributed by atoms with Gasteiger partial charge >= 0.3 is 0 Å². The van der Waals surface area contributed by atoms with E-state index in [1.807, 2.05) is 0 Å². The number of rotatable bonds is 3. The molecule has 1 aromatic heterocycles. The molecule has 0 amide bonds. The first kappa shape index (κ1) is 14.1. The van der Waals surface area contributed by atoms with Gasteiger partial charge in [0.15, 0.2) is 0 Å². The average molecular weight is 276 g/mol. The van der Waals surface area contributed by atoms with Gasteiger partial charge in [-0.25, -0.2) is 0 Å². The van der Waals surface area contributed by atoms with Gasteiger partial charge in [0, 0.05) is 12.6 Å². The van der Waals surface area contributed by atoms with Crippen LogP contribution in [0, 0.1) is 0 Å². The highest BCUT2D eigenvalue weighted by atomic mass is 16.3. The molecule has 1 N–H and O–H groups in total. The number of hydrogen-bond acceptors (Lipinski definition) is 2. The molecule has 0 aromatic carbocycles. The Kier molecular flexibility index (Phi) is 4.45. The van der Waals surface area contributed by atoms with Crippen LogP contribution >= 0.6 is 0 Å². The molecule has 1 aromatic rings. The number of aliphatic hydroxyl groups is 1. The number of aromatic nitrogens is 2. The zero-order valence-corrected chi connectivity index (χ0v) is 12.6. The van der Waals surface area contributed by atoms with Crippen LogP contribution in [0.1, 0.15) is 82.4 Å². The van der Waals surface area contributed by atoms with E-state index in [2.05, 4.69) is 16.9 Å². The van der Waals surface area contributed by atoms with Crippen LogP contribution in [-0.4, -0.2) is 20.5 Å². The third kappa shape index (κ3) is 3.43. The highest BCUT2D eigenvalue weighted by Crippen LogP contribution is 2.31. The smallest absolute Gasteiger partial charge is 0.0703 e. The van der Waals surface area contributed by atoms with Crippen molar-refractivity contribution in [2.45, 2.75) is 88.7 Å². The second-order valence-corrected chi connectivity index (χ2v) is 6.89. The van der Waals surface area contributed by atoms with Gasteiger partial charge < -0.3 is 5.11 Å². The van der Waals surface area contributed by atoms with Crippen molar-refractivity contribution >= 4 is 0 Å². The number of nitrogens with zero attached hydrogens (tertiary/aromatic N) is 2. The van der Waals surface area contributed by atoms with E-state index in [9.17, 15) is 5.11 Å². The van der Waals surface area contributed by atoms with Crippen LogP contribution < -0.4 is 0 Å². The summed E-state index contributed by atoms with van der Waals surface area (Å²) in [7, 11) is 0. The fourth-order valence-corrected chi connectivity index (χ4v) is 3.92. The van der Waals surface area contributed by atoms with Gasteiger partial charge in [-0.3, -0.25) is 4.68 Å². The Morgan fingerprint density at radius 1 is 1.05 bits per heavy atom. The lowest BCUT2D eigenvalue weighted by Crippen LogP contribution is -2.30. The third-order valence-electron chi connectivity index (χ3n) is 5.16. The average Bonchev–Trinajstić information content (AvgIpc) is 2.81. The molecule has 0 saturated heterocycles. The van der Waals surface area contributed by atoms with Crippen LogP contribution in [0.2, 0.25) is 0 Å². The standard InChI is InChI=1S/C17H28N2O/c20-17(11-6-1-2-7-12-17)14-15-10-13-19(18-15)16-8-4-3-5-9-16/h10,13,16,20H,1-9,11-12,14H2. The Balaban J connectivity index is 1.63.